The number of thiophene rings is 1. The minimum atomic E-state index is -0.0415. The average Bonchev–Trinajstić information content (AvgIpc) is 2.66. The fraction of sp³-hybridized carbons (Fsp3) is 0.538. The van der Waals surface area contributed by atoms with E-state index in [4.69, 9.17) is 0 Å². The van der Waals surface area contributed by atoms with Crippen LogP contribution in [0.4, 0.5) is 0 Å². The van der Waals surface area contributed by atoms with E-state index in [0.717, 1.165) is 23.1 Å². The van der Waals surface area contributed by atoms with Crippen LogP contribution in [0.2, 0.25) is 0 Å². The molecule has 1 aliphatic rings. The zero-order valence-electron chi connectivity index (χ0n) is 10.5. The summed E-state index contributed by atoms with van der Waals surface area (Å²) in [5, 5.41) is 0.778. The number of fused-ring (bicyclic) bond motifs is 3. The van der Waals surface area contributed by atoms with Gasteiger partial charge in [0.25, 0.3) is 5.56 Å². The number of thiol groups is 1. The molecule has 0 saturated carbocycles. The number of H-pyrrole nitrogens is 1. The van der Waals surface area contributed by atoms with E-state index in [1.807, 2.05) is 6.92 Å². The van der Waals surface area contributed by atoms with Gasteiger partial charge in [-0.1, -0.05) is 6.92 Å². The summed E-state index contributed by atoms with van der Waals surface area (Å²) in [6.45, 7) is 4.19. The van der Waals surface area contributed by atoms with Crippen LogP contribution in [0.25, 0.3) is 10.2 Å². The van der Waals surface area contributed by atoms with Crippen molar-refractivity contribution in [2.24, 2.45) is 5.92 Å². The molecule has 2 aromatic rings. The Balaban J connectivity index is 2.25. The molecule has 2 aromatic heterocycles. The minimum Gasteiger partial charge on any atom is -0.309 e. The maximum atomic E-state index is 12.2. The number of aromatic nitrogens is 2. The van der Waals surface area contributed by atoms with Gasteiger partial charge >= 0.3 is 0 Å². The van der Waals surface area contributed by atoms with Crippen LogP contribution in [0.5, 0.6) is 0 Å². The van der Waals surface area contributed by atoms with Gasteiger partial charge in [0.15, 0.2) is 0 Å². The number of hydrogen-bond acceptors (Lipinski definition) is 4. The van der Waals surface area contributed by atoms with Crippen LogP contribution >= 0.6 is 24.0 Å². The van der Waals surface area contributed by atoms with Gasteiger partial charge in [0, 0.05) is 4.88 Å². The van der Waals surface area contributed by atoms with Crippen LogP contribution < -0.4 is 5.56 Å². The number of nitrogens with one attached hydrogen (secondary N) is 1. The lowest BCUT2D eigenvalue weighted by Gasteiger charge is -2.17. The van der Waals surface area contributed by atoms with E-state index < -0.39 is 0 Å². The summed E-state index contributed by atoms with van der Waals surface area (Å²) in [4.78, 5) is 21.8. The molecule has 3 rings (SSSR count). The molecule has 0 radical (unpaired) electrons. The maximum absolute atomic E-state index is 12.2. The first-order valence-corrected chi connectivity index (χ1v) is 7.62. The van der Waals surface area contributed by atoms with E-state index in [1.165, 1.54) is 16.9 Å². The van der Waals surface area contributed by atoms with Crippen LogP contribution in [0.1, 0.15) is 41.8 Å². The highest BCUT2D eigenvalue weighted by Crippen LogP contribution is 2.35. The Hall–Kier alpha value is -0.810. The lowest BCUT2D eigenvalue weighted by Crippen LogP contribution is -2.14. The van der Waals surface area contributed by atoms with Crippen LogP contribution in [-0.4, -0.2) is 9.97 Å². The molecule has 0 amide bonds. The molecule has 3 nitrogen and oxygen atoms in total. The van der Waals surface area contributed by atoms with Gasteiger partial charge in [-0.2, -0.15) is 12.6 Å². The molecular formula is C13H16N2OS2. The topological polar surface area (TPSA) is 45.8 Å². The van der Waals surface area contributed by atoms with Gasteiger partial charge in [-0.25, -0.2) is 4.98 Å². The summed E-state index contributed by atoms with van der Waals surface area (Å²) in [5.74, 6) is 1.38. The van der Waals surface area contributed by atoms with Crippen molar-refractivity contribution in [2.75, 3.05) is 0 Å². The van der Waals surface area contributed by atoms with Crippen molar-refractivity contribution >= 4 is 34.2 Å². The molecule has 1 aliphatic carbocycles. The Bertz CT molecular complexity index is 657. The average molecular weight is 280 g/mol. The molecule has 2 atom stereocenters. The van der Waals surface area contributed by atoms with Gasteiger partial charge in [-0.3, -0.25) is 4.79 Å². The van der Waals surface area contributed by atoms with Crippen LogP contribution in [0.15, 0.2) is 4.79 Å². The number of hydrogen-bond donors (Lipinski definition) is 2. The fourth-order valence-corrected chi connectivity index (χ4v) is 4.08. The van der Waals surface area contributed by atoms with Gasteiger partial charge < -0.3 is 4.98 Å². The highest BCUT2D eigenvalue weighted by Gasteiger charge is 2.23. The minimum absolute atomic E-state index is 0.00273. The molecule has 0 aliphatic heterocycles. The second-order valence-electron chi connectivity index (χ2n) is 5.16. The van der Waals surface area contributed by atoms with E-state index in [1.54, 1.807) is 11.3 Å². The number of nitrogens with zero attached hydrogens (tertiary/aromatic N) is 1. The van der Waals surface area contributed by atoms with E-state index in [9.17, 15) is 4.79 Å². The molecular weight excluding hydrogens is 264 g/mol. The van der Waals surface area contributed by atoms with E-state index in [-0.39, 0.29) is 10.8 Å². The third kappa shape index (κ3) is 1.89. The van der Waals surface area contributed by atoms with Crippen LogP contribution in [0.3, 0.4) is 0 Å². The Kier molecular flexibility index (Phi) is 2.98. The normalized spacial score (nSPS) is 20.9. The fourth-order valence-electron chi connectivity index (χ4n) is 2.56. The predicted octanol–water partition coefficient (Wildman–Crippen LogP) is 3.10. The molecule has 0 aromatic carbocycles. The van der Waals surface area contributed by atoms with Gasteiger partial charge in [0.1, 0.15) is 10.7 Å². The highest BCUT2D eigenvalue weighted by molar-refractivity contribution is 7.80. The molecule has 1 N–H and O–H groups in total. The standard InChI is InChI=1S/C13H16N2OS2/c1-6-3-4-8-9(5-6)18-13-10(8)12(16)14-11(15-13)7(2)17/h6-7,17H,3-5H2,1-2H3,(H,14,15,16). The quantitative estimate of drug-likeness (QED) is 0.788. The van der Waals surface area contributed by atoms with Crippen molar-refractivity contribution in [3.8, 4) is 0 Å². The van der Waals surface area contributed by atoms with Gasteiger partial charge in [0.2, 0.25) is 0 Å². The number of rotatable bonds is 1. The van der Waals surface area contributed by atoms with Gasteiger partial charge in [0.05, 0.1) is 10.6 Å². The number of aryl methyl sites for hydroxylation is 1. The smallest absolute Gasteiger partial charge is 0.259 e. The molecule has 0 spiro atoms. The summed E-state index contributed by atoms with van der Waals surface area (Å²) in [7, 11) is 0. The monoisotopic (exact) mass is 280 g/mol. The number of aromatic amines is 1. The van der Waals surface area contributed by atoms with Crippen LogP contribution in [-0.2, 0) is 12.8 Å². The molecule has 96 valence electrons. The second-order valence-corrected chi connectivity index (χ2v) is 7.02. The van der Waals surface area contributed by atoms with Crippen molar-refractivity contribution in [1.29, 1.82) is 0 Å². The molecule has 2 heterocycles. The van der Waals surface area contributed by atoms with Crippen molar-refractivity contribution in [3.05, 3.63) is 26.6 Å². The van der Waals surface area contributed by atoms with Crippen molar-refractivity contribution in [2.45, 2.75) is 38.4 Å². The molecule has 5 heteroatoms. The first-order valence-electron chi connectivity index (χ1n) is 6.28. The summed E-state index contributed by atoms with van der Waals surface area (Å²) in [6, 6.07) is 0. The summed E-state index contributed by atoms with van der Waals surface area (Å²) >= 11 is 6.02. The molecule has 2 unspecified atom stereocenters. The first-order chi connectivity index (χ1) is 8.56. The Morgan fingerprint density at radius 2 is 2.33 bits per heavy atom. The summed E-state index contributed by atoms with van der Waals surface area (Å²) in [5.41, 5.74) is 1.24. The first kappa shape index (κ1) is 12.2. The zero-order chi connectivity index (χ0) is 12.9. The summed E-state index contributed by atoms with van der Waals surface area (Å²) in [6.07, 6.45) is 3.27. The third-order valence-electron chi connectivity index (χ3n) is 3.58. The third-order valence-corrected chi connectivity index (χ3v) is 4.97. The van der Waals surface area contributed by atoms with E-state index in [2.05, 4.69) is 29.5 Å². The SMILES string of the molecule is CC1CCc2c(sc3nc(C(C)S)[nH]c(=O)c23)C1. The Labute approximate surface area is 115 Å². The second kappa shape index (κ2) is 4.38. The molecule has 18 heavy (non-hydrogen) atoms. The van der Waals surface area contributed by atoms with Crippen molar-refractivity contribution in [1.82, 2.24) is 9.97 Å². The largest absolute Gasteiger partial charge is 0.309 e. The van der Waals surface area contributed by atoms with Gasteiger partial charge in [-0.15, -0.1) is 11.3 Å². The predicted molar refractivity (Wildman–Crippen MR) is 78.8 cm³/mol. The van der Waals surface area contributed by atoms with Crippen molar-refractivity contribution < 1.29 is 0 Å². The molecule has 0 fully saturated rings. The zero-order valence-corrected chi connectivity index (χ0v) is 12.2. The van der Waals surface area contributed by atoms with Crippen molar-refractivity contribution in [3.63, 3.8) is 0 Å². The highest BCUT2D eigenvalue weighted by atomic mass is 32.1. The van der Waals surface area contributed by atoms with Gasteiger partial charge in [-0.05, 0) is 37.7 Å². The van der Waals surface area contributed by atoms with Crippen LogP contribution in [0, 0.1) is 5.92 Å². The lowest BCUT2D eigenvalue weighted by molar-refractivity contribution is 0.509. The molecule has 0 saturated heterocycles. The Morgan fingerprint density at radius 1 is 1.56 bits per heavy atom. The summed E-state index contributed by atoms with van der Waals surface area (Å²) < 4.78 is 0. The maximum Gasteiger partial charge on any atom is 0.259 e. The van der Waals surface area contributed by atoms with E-state index >= 15 is 0 Å². The molecule has 0 bridgehead atoms. The lowest BCUT2D eigenvalue weighted by atomic mass is 9.89. The van der Waals surface area contributed by atoms with E-state index in [0.29, 0.717) is 11.7 Å². The Morgan fingerprint density at radius 3 is 3.06 bits per heavy atom.